The van der Waals surface area contributed by atoms with Crippen molar-refractivity contribution in [3.8, 4) is 0 Å². The number of carbonyl (C=O) groups is 2. The molecule has 0 bridgehead atoms. The highest BCUT2D eigenvalue weighted by molar-refractivity contribution is 6.31. The van der Waals surface area contributed by atoms with Crippen LogP contribution in [0.15, 0.2) is 42.5 Å². The van der Waals surface area contributed by atoms with Gasteiger partial charge in [0.05, 0.1) is 35.4 Å². The molecule has 3 heterocycles. The number of nitro benzene ring substituents is 1. The largest absolute Gasteiger partial charge is 0.444 e. The molecule has 10 nitrogen and oxygen atoms in total. The van der Waals surface area contributed by atoms with Crippen molar-refractivity contribution in [3.63, 3.8) is 0 Å². The van der Waals surface area contributed by atoms with Crippen LogP contribution in [-0.2, 0) is 9.47 Å². The molecule has 0 aliphatic carbocycles. The van der Waals surface area contributed by atoms with Crippen LogP contribution in [0.5, 0.6) is 0 Å². The van der Waals surface area contributed by atoms with Gasteiger partial charge < -0.3 is 24.2 Å². The van der Waals surface area contributed by atoms with Crippen molar-refractivity contribution >= 4 is 35.0 Å². The Morgan fingerprint density at radius 3 is 2.49 bits per heavy atom. The lowest BCUT2D eigenvalue weighted by Gasteiger charge is -2.42. The summed E-state index contributed by atoms with van der Waals surface area (Å²) in [5.74, 6) is -0.264. The van der Waals surface area contributed by atoms with Crippen LogP contribution >= 0.6 is 11.6 Å². The molecule has 0 radical (unpaired) electrons. The number of non-ortho nitro benzene ring substituents is 1. The van der Waals surface area contributed by atoms with Crippen LogP contribution in [-0.4, -0.2) is 78.3 Å². The Morgan fingerprint density at radius 1 is 1.13 bits per heavy atom. The van der Waals surface area contributed by atoms with Gasteiger partial charge in [0, 0.05) is 55.3 Å². The number of hydrogen-bond acceptors (Lipinski definition) is 7. The Morgan fingerprint density at radius 2 is 1.87 bits per heavy atom. The standard InChI is InChI=1S/C28H33ClN4O6/c1-27(2,3)39-26(35)30-12-13-32(24(15-30)20-6-4-5-7-22(20)29)25(34)21-9-8-19(33(36)37)14-23(21)31-11-10-28(16-31)17-38-18-28/h4-9,14,24H,10-13,15-18H2,1-3H3. The van der Waals surface area contributed by atoms with E-state index in [1.54, 1.807) is 21.9 Å². The average molecular weight is 557 g/mol. The van der Waals surface area contributed by atoms with Crippen LogP contribution in [0.25, 0.3) is 0 Å². The van der Waals surface area contributed by atoms with Crippen molar-refractivity contribution in [2.75, 3.05) is 50.8 Å². The Hall–Kier alpha value is -3.37. The first-order chi connectivity index (χ1) is 18.5. The molecule has 5 rings (SSSR count). The fourth-order valence-electron chi connectivity index (χ4n) is 5.53. The number of nitro groups is 1. The molecular formula is C28H33ClN4O6. The molecule has 3 aliphatic heterocycles. The van der Waals surface area contributed by atoms with Gasteiger partial charge in [0.15, 0.2) is 0 Å². The molecular weight excluding hydrogens is 524 g/mol. The fraction of sp³-hybridized carbons (Fsp3) is 0.500. The minimum atomic E-state index is -0.657. The SMILES string of the molecule is CC(C)(C)OC(=O)N1CCN(C(=O)c2ccc([N+](=O)[O-])cc2N2CCC3(COC3)C2)C(c2ccccc2Cl)C1. The second-order valence-electron chi connectivity index (χ2n) is 11.6. The van der Waals surface area contributed by atoms with E-state index in [0.29, 0.717) is 42.6 Å². The number of carbonyl (C=O) groups excluding carboxylic acids is 2. The molecule has 1 unspecified atom stereocenters. The zero-order valence-corrected chi connectivity index (χ0v) is 23.1. The first kappa shape index (κ1) is 27.2. The Bertz CT molecular complexity index is 1290. The molecule has 2 aromatic carbocycles. The Balaban J connectivity index is 1.49. The zero-order chi connectivity index (χ0) is 27.9. The maximum absolute atomic E-state index is 14.2. The summed E-state index contributed by atoms with van der Waals surface area (Å²) in [5, 5.41) is 12.1. The lowest BCUT2D eigenvalue weighted by molar-refractivity contribution is -0.384. The molecule has 1 spiro atoms. The summed E-state index contributed by atoms with van der Waals surface area (Å²) in [5.41, 5.74) is 0.965. The maximum atomic E-state index is 14.2. The first-order valence-corrected chi connectivity index (χ1v) is 13.5. The van der Waals surface area contributed by atoms with Gasteiger partial charge >= 0.3 is 6.09 Å². The highest BCUT2D eigenvalue weighted by atomic mass is 35.5. The van der Waals surface area contributed by atoms with Gasteiger partial charge in [-0.05, 0) is 44.9 Å². The highest BCUT2D eigenvalue weighted by Gasteiger charge is 2.46. The van der Waals surface area contributed by atoms with E-state index in [9.17, 15) is 19.7 Å². The van der Waals surface area contributed by atoms with E-state index in [1.807, 2.05) is 39.0 Å². The van der Waals surface area contributed by atoms with E-state index >= 15 is 0 Å². The van der Waals surface area contributed by atoms with E-state index in [1.165, 1.54) is 12.1 Å². The quantitative estimate of drug-likeness (QED) is 0.389. The van der Waals surface area contributed by atoms with Crippen LogP contribution in [0.2, 0.25) is 5.02 Å². The molecule has 2 amide bonds. The van der Waals surface area contributed by atoms with E-state index < -0.39 is 22.7 Å². The summed E-state index contributed by atoms with van der Waals surface area (Å²) in [4.78, 5) is 43.7. The first-order valence-electron chi connectivity index (χ1n) is 13.1. The van der Waals surface area contributed by atoms with Crippen molar-refractivity contribution in [1.82, 2.24) is 9.80 Å². The molecule has 11 heteroatoms. The minimum absolute atomic E-state index is 0.0318. The molecule has 39 heavy (non-hydrogen) atoms. The Kier molecular flexibility index (Phi) is 7.19. The second-order valence-corrected chi connectivity index (χ2v) is 12.0. The lowest BCUT2D eigenvalue weighted by atomic mass is 9.85. The molecule has 3 fully saturated rings. The molecule has 3 aliphatic rings. The maximum Gasteiger partial charge on any atom is 0.410 e. The molecule has 2 aromatic rings. The summed E-state index contributed by atoms with van der Waals surface area (Å²) < 4.78 is 11.0. The summed E-state index contributed by atoms with van der Waals surface area (Å²) >= 11 is 6.58. The van der Waals surface area contributed by atoms with E-state index in [4.69, 9.17) is 21.1 Å². The number of amides is 2. The van der Waals surface area contributed by atoms with E-state index in [2.05, 4.69) is 4.90 Å². The number of piperazine rings is 1. The normalized spacial score (nSPS) is 20.6. The van der Waals surface area contributed by atoms with Gasteiger partial charge in [-0.1, -0.05) is 29.8 Å². The van der Waals surface area contributed by atoms with Crippen molar-refractivity contribution < 1.29 is 24.0 Å². The molecule has 0 saturated carbocycles. The van der Waals surface area contributed by atoms with Gasteiger partial charge in [-0.2, -0.15) is 0 Å². The van der Waals surface area contributed by atoms with Crippen molar-refractivity contribution in [2.45, 2.75) is 38.8 Å². The lowest BCUT2D eigenvalue weighted by Crippen LogP contribution is -2.53. The number of halogens is 1. The summed E-state index contributed by atoms with van der Waals surface area (Å²) in [6.07, 6.45) is 0.452. The third-order valence-electron chi connectivity index (χ3n) is 7.58. The third kappa shape index (κ3) is 5.53. The number of benzene rings is 2. The predicted molar refractivity (Wildman–Crippen MR) is 146 cm³/mol. The van der Waals surface area contributed by atoms with E-state index in [-0.39, 0.29) is 36.6 Å². The molecule has 0 N–H and O–H groups in total. The van der Waals surface area contributed by atoms with Crippen molar-refractivity contribution in [2.24, 2.45) is 5.41 Å². The molecule has 3 saturated heterocycles. The van der Waals surface area contributed by atoms with Crippen LogP contribution in [0, 0.1) is 15.5 Å². The van der Waals surface area contributed by atoms with Crippen molar-refractivity contribution in [3.05, 3.63) is 68.7 Å². The molecule has 0 aromatic heterocycles. The second kappa shape index (κ2) is 10.3. The number of anilines is 1. The van der Waals surface area contributed by atoms with Gasteiger partial charge in [0.2, 0.25) is 0 Å². The zero-order valence-electron chi connectivity index (χ0n) is 22.4. The van der Waals surface area contributed by atoms with Gasteiger partial charge in [0.1, 0.15) is 5.60 Å². The van der Waals surface area contributed by atoms with Gasteiger partial charge in [-0.3, -0.25) is 14.9 Å². The predicted octanol–water partition coefficient (Wildman–Crippen LogP) is 4.91. The number of hydrogen-bond donors (Lipinski definition) is 0. The number of ether oxygens (including phenoxy) is 2. The van der Waals surface area contributed by atoms with Gasteiger partial charge in [0.25, 0.3) is 11.6 Å². The van der Waals surface area contributed by atoms with E-state index in [0.717, 1.165) is 12.0 Å². The Labute approximate surface area is 232 Å². The van der Waals surface area contributed by atoms with Crippen molar-refractivity contribution in [1.29, 1.82) is 0 Å². The van der Waals surface area contributed by atoms with Crippen LogP contribution in [0.4, 0.5) is 16.2 Å². The number of rotatable bonds is 4. The topological polar surface area (TPSA) is 105 Å². The minimum Gasteiger partial charge on any atom is -0.444 e. The highest BCUT2D eigenvalue weighted by Crippen LogP contribution is 2.42. The van der Waals surface area contributed by atoms with Crippen LogP contribution in [0.3, 0.4) is 0 Å². The van der Waals surface area contributed by atoms with Gasteiger partial charge in [-0.15, -0.1) is 0 Å². The summed E-state index contributed by atoms with van der Waals surface area (Å²) in [7, 11) is 0. The molecule has 1 atom stereocenters. The average Bonchev–Trinajstić information content (AvgIpc) is 3.34. The smallest absolute Gasteiger partial charge is 0.410 e. The van der Waals surface area contributed by atoms with Crippen LogP contribution < -0.4 is 4.90 Å². The summed E-state index contributed by atoms with van der Waals surface area (Å²) in [6.45, 7) is 8.85. The van der Waals surface area contributed by atoms with Gasteiger partial charge in [-0.25, -0.2) is 4.79 Å². The molecule has 208 valence electrons. The summed E-state index contributed by atoms with van der Waals surface area (Å²) in [6, 6.07) is 11.1. The monoisotopic (exact) mass is 556 g/mol. The third-order valence-corrected chi connectivity index (χ3v) is 7.92. The van der Waals surface area contributed by atoms with Crippen LogP contribution in [0.1, 0.15) is 49.2 Å². The fourth-order valence-corrected chi connectivity index (χ4v) is 5.79. The number of nitrogens with zero attached hydrogens (tertiary/aromatic N) is 4.